The summed E-state index contributed by atoms with van der Waals surface area (Å²) in [5.74, 6) is -3.95. The summed E-state index contributed by atoms with van der Waals surface area (Å²) in [5.41, 5.74) is 5.54. The van der Waals surface area contributed by atoms with E-state index in [1.54, 1.807) is 0 Å². The highest BCUT2D eigenvalue weighted by Crippen LogP contribution is 2.24. The molecule has 0 fully saturated rings. The van der Waals surface area contributed by atoms with Crippen molar-refractivity contribution in [2.45, 2.75) is 6.54 Å². The highest BCUT2D eigenvalue weighted by Gasteiger charge is 2.15. The van der Waals surface area contributed by atoms with Crippen molar-refractivity contribution in [2.24, 2.45) is 5.73 Å². The molecule has 0 aliphatic heterocycles. The predicted octanol–water partition coefficient (Wildman–Crippen LogP) is 2.11. The maximum Gasteiger partial charge on any atom is 0.195 e. The van der Waals surface area contributed by atoms with E-state index in [0.29, 0.717) is 0 Å². The molecule has 0 spiro atoms. The molecule has 0 atom stereocenters. The summed E-state index contributed by atoms with van der Waals surface area (Å²) in [7, 11) is 0. The monoisotopic (exact) mass is 212 g/mol. The van der Waals surface area contributed by atoms with Crippen LogP contribution in [0.3, 0.4) is 0 Å². The smallest absolute Gasteiger partial charge is 0.195 e. The van der Waals surface area contributed by atoms with Gasteiger partial charge in [0.1, 0.15) is 0 Å². The third kappa shape index (κ3) is 1.45. The first kappa shape index (κ1) is 9.92. The maximum absolute atomic E-state index is 13.4. The van der Waals surface area contributed by atoms with Crippen LogP contribution in [-0.4, -0.2) is 4.98 Å². The molecule has 5 heteroatoms. The molecule has 15 heavy (non-hydrogen) atoms. The minimum Gasteiger partial charge on any atom is -0.325 e. The van der Waals surface area contributed by atoms with Crippen molar-refractivity contribution in [2.75, 3.05) is 0 Å². The van der Waals surface area contributed by atoms with Crippen molar-refractivity contribution in [3.8, 4) is 0 Å². The van der Waals surface area contributed by atoms with E-state index >= 15 is 0 Å². The molecule has 0 bridgehead atoms. The number of hydrogen-bond donors (Lipinski definition) is 1. The number of aromatic nitrogens is 1. The van der Waals surface area contributed by atoms with Crippen molar-refractivity contribution in [3.63, 3.8) is 0 Å². The van der Waals surface area contributed by atoms with E-state index in [9.17, 15) is 13.2 Å². The highest BCUT2D eigenvalue weighted by atomic mass is 19.2. The molecule has 0 aliphatic carbocycles. The number of nitrogens with zero attached hydrogens (tertiary/aromatic N) is 1. The van der Waals surface area contributed by atoms with Gasteiger partial charge in [-0.3, -0.25) is 4.98 Å². The normalized spacial score (nSPS) is 10.9. The molecule has 0 amide bonds. The van der Waals surface area contributed by atoms with Crippen molar-refractivity contribution < 1.29 is 13.2 Å². The van der Waals surface area contributed by atoms with Crippen LogP contribution in [-0.2, 0) is 6.54 Å². The number of nitrogens with two attached hydrogens (primary N) is 1. The second kappa shape index (κ2) is 3.51. The SMILES string of the molecule is NCc1nccc2cc(F)c(F)c(F)c12. The lowest BCUT2D eigenvalue weighted by Crippen LogP contribution is -2.03. The Balaban J connectivity index is 2.93. The average Bonchev–Trinajstić information content (AvgIpc) is 2.25. The largest absolute Gasteiger partial charge is 0.325 e. The van der Waals surface area contributed by atoms with Crippen LogP contribution in [0.15, 0.2) is 18.3 Å². The summed E-state index contributed by atoms with van der Waals surface area (Å²) in [4.78, 5) is 3.80. The van der Waals surface area contributed by atoms with E-state index in [1.807, 2.05) is 0 Å². The van der Waals surface area contributed by atoms with Crippen LogP contribution in [0, 0.1) is 17.5 Å². The molecule has 2 nitrogen and oxygen atoms in total. The first-order chi connectivity index (χ1) is 7.15. The van der Waals surface area contributed by atoms with Crippen molar-refractivity contribution in [1.82, 2.24) is 4.98 Å². The summed E-state index contributed by atoms with van der Waals surface area (Å²) in [6.07, 6.45) is 1.38. The van der Waals surface area contributed by atoms with E-state index in [1.165, 1.54) is 12.3 Å². The van der Waals surface area contributed by atoms with E-state index < -0.39 is 17.5 Å². The van der Waals surface area contributed by atoms with Gasteiger partial charge in [0.05, 0.1) is 5.69 Å². The summed E-state index contributed by atoms with van der Waals surface area (Å²) in [6.45, 7) is -0.0284. The van der Waals surface area contributed by atoms with Gasteiger partial charge in [0.2, 0.25) is 0 Å². The Labute approximate surface area is 83.5 Å². The molecule has 0 aliphatic rings. The maximum atomic E-state index is 13.4. The Hall–Kier alpha value is -1.62. The van der Waals surface area contributed by atoms with Crippen molar-refractivity contribution in [1.29, 1.82) is 0 Å². The molecule has 1 aromatic carbocycles. The first-order valence-corrected chi connectivity index (χ1v) is 4.26. The molecule has 1 aromatic heterocycles. The number of benzene rings is 1. The van der Waals surface area contributed by atoms with Crippen molar-refractivity contribution in [3.05, 3.63) is 41.5 Å². The third-order valence-corrected chi connectivity index (χ3v) is 2.16. The minimum absolute atomic E-state index is 0.0284. The second-order valence-electron chi connectivity index (χ2n) is 3.05. The molecule has 2 aromatic rings. The van der Waals surface area contributed by atoms with Gasteiger partial charge < -0.3 is 5.73 Å². The third-order valence-electron chi connectivity index (χ3n) is 2.16. The average molecular weight is 212 g/mol. The van der Waals surface area contributed by atoms with Gasteiger partial charge in [-0.05, 0) is 17.5 Å². The molecular weight excluding hydrogens is 205 g/mol. The van der Waals surface area contributed by atoms with Crippen LogP contribution in [0.25, 0.3) is 10.8 Å². The zero-order valence-electron chi connectivity index (χ0n) is 7.60. The number of pyridine rings is 1. The zero-order valence-corrected chi connectivity index (χ0v) is 7.60. The van der Waals surface area contributed by atoms with Gasteiger partial charge in [-0.25, -0.2) is 13.2 Å². The lowest BCUT2D eigenvalue weighted by atomic mass is 10.1. The zero-order chi connectivity index (χ0) is 11.0. The Morgan fingerprint density at radius 2 is 1.93 bits per heavy atom. The molecule has 0 saturated heterocycles. The van der Waals surface area contributed by atoms with Gasteiger partial charge in [-0.1, -0.05) is 0 Å². The standard InChI is InChI=1S/C10H7F3N2/c11-6-3-5-1-2-15-7(4-14)8(5)10(13)9(6)12/h1-3H,4,14H2. The van der Waals surface area contributed by atoms with Crippen LogP contribution in [0.1, 0.15) is 5.69 Å². The number of hydrogen-bond acceptors (Lipinski definition) is 2. The van der Waals surface area contributed by atoms with Gasteiger partial charge in [0, 0.05) is 18.1 Å². The summed E-state index contributed by atoms with van der Waals surface area (Å²) >= 11 is 0. The molecule has 78 valence electrons. The fourth-order valence-corrected chi connectivity index (χ4v) is 1.46. The number of rotatable bonds is 1. The minimum atomic E-state index is -1.50. The van der Waals surface area contributed by atoms with Gasteiger partial charge in [-0.15, -0.1) is 0 Å². The fraction of sp³-hybridized carbons (Fsp3) is 0.100. The Morgan fingerprint density at radius 1 is 1.20 bits per heavy atom. The van der Waals surface area contributed by atoms with E-state index in [0.717, 1.165) is 6.07 Å². The van der Waals surface area contributed by atoms with Crippen LogP contribution < -0.4 is 5.73 Å². The van der Waals surface area contributed by atoms with Crippen LogP contribution >= 0.6 is 0 Å². The molecule has 2 rings (SSSR count). The van der Waals surface area contributed by atoms with Gasteiger partial charge in [0.15, 0.2) is 17.5 Å². The quantitative estimate of drug-likeness (QED) is 0.735. The fourth-order valence-electron chi connectivity index (χ4n) is 1.46. The van der Waals surface area contributed by atoms with Gasteiger partial charge in [0.25, 0.3) is 0 Å². The first-order valence-electron chi connectivity index (χ1n) is 4.26. The Bertz CT molecular complexity index is 526. The van der Waals surface area contributed by atoms with Gasteiger partial charge in [-0.2, -0.15) is 0 Å². The number of halogens is 3. The molecule has 2 N–H and O–H groups in total. The Morgan fingerprint density at radius 3 is 2.60 bits per heavy atom. The van der Waals surface area contributed by atoms with Crippen LogP contribution in [0.5, 0.6) is 0 Å². The van der Waals surface area contributed by atoms with Crippen molar-refractivity contribution >= 4 is 10.8 Å². The second-order valence-corrected chi connectivity index (χ2v) is 3.05. The molecule has 1 heterocycles. The summed E-state index contributed by atoms with van der Waals surface area (Å²) < 4.78 is 39.2. The van der Waals surface area contributed by atoms with Gasteiger partial charge >= 0.3 is 0 Å². The molecule has 0 saturated carbocycles. The lowest BCUT2D eigenvalue weighted by molar-refractivity contribution is 0.453. The molecule has 0 unspecified atom stereocenters. The summed E-state index contributed by atoms with van der Waals surface area (Å²) in [6, 6.07) is 2.33. The lowest BCUT2D eigenvalue weighted by Gasteiger charge is -2.05. The number of fused-ring (bicyclic) bond motifs is 1. The van der Waals surface area contributed by atoms with E-state index in [-0.39, 0.29) is 23.0 Å². The predicted molar refractivity (Wildman–Crippen MR) is 49.5 cm³/mol. The molecular formula is C10H7F3N2. The van der Waals surface area contributed by atoms with Crippen LogP contribution in [0.4, 0.5) is 13.2 Å². The summed E-state index contributed by atoms with van der Waals surface area (Å²) in [5, 5.41) is 0.195. The topological polar surface area (TPSA) is 38.9 Å². The highest BCUT2D eigenvalue weighted by molar-refractivity contribution is 5.85. The molecule has 0 radical (unpaired) electrons. The van der Waals surface area contributed by atoms with Crippen LogP contribution in [0.2, 0.25) is 0 Å². The van der Waals surface area contributed by atoms with E-state index in [4.69, 9.17) is 5.73 Å². The Kier molecular flexibility index (Phi) is 2.32. The van der Waals surface area contributed by atoms with E-state index in [2.05, 4.69) is 4.98 Å².